The van der Waals surface area contributed by atoms with Gasteiger partial charge in [0.15, 0.2) is 0 Å². The van der Waals surface area contributed by atoms with Crippen LogP contribution >= 0.6 is 0 Å². The number of carbonyl (C=O) groups excluding carboxylic acids is 1. The number of carboxylic acids is 1. The van der Waals surface area contributed by atoms with E-state index in [2.05, 4.69) is 5.32 Å². The number of rotatable bonds is 4. The van der Waals surface area contributed by atoms with Crippen LogP contribution in [0.5, 0.6) is 0 Å². The Labute approximate surface area is 123 Å². The second-order valence-corrected chi connectivity index (χ2v) is 5.23. The molecule has 1 aromatic carbocycles. The van der Waals surface area contributed by atoms with Gasteiger partial charge in [-0.25, -0.2) is 9.59 Å². The Balaban J connectivity index is 1.97. The SMILES string of the molecule is COCC1CCCN(C(=O)Nc2cccc(C(=O)O)c2)C1. The number of benzene rings is 1. The predicted molar refractivity (Wildman–Crippen MR) is 78.6 cm³/mol. The Morgan fingerprint density at radius 2 is 2.29 bits per heavy atom. The summed E-state index contributed by atoms with van der Waals surface area (Å²) in [4.78, 5) is 24.9. The van der Waals surface area contributed by atoms with Gasteiger partial charge in [-0.15, -0.1) is 0 Å². The van der Waals surface area contributed by atoms with Crippen molar-refractivity contribution in [2.45, 2.75) is 12.8 Å². The van der Waals surface area contributed by atoms with Gasteiger partial charge in [0.1, 0.15) is 0 Å². The summed E-state index contributed by atoms with van der Waals surface area (Å²) >= 11 is 0. The molecule has 0 spiro atoms. The van der Waals surface area contributed by atoms with Crippen LogP contribution in [0.15, 0.2) is 24.3 Å². The van der Waals surface area contributed by atoms with Crippen LogP contribution in [0.4, 0.5) is 10.5 Å². The Bertz CT molecular complexity index is 516. The molecule has 21 heavy (non-hydrogen) atoms. The number of piperidine rings is 1. The standard InChI is InChI=1S/C15H20N2O4/c1-21-10-11-4-3-7-17(9-11)15(20)16-13-6-2-5-12(8-13)14(18)19/h2,5-6,8,11H,3-4,7,9-10H2,1H3,(H,16,20)(H,18,19). The van der Waals surface area contributed by atoms with E-state index in [1.54, 1.807) is 24.1 Å². The summed E-state index contributed by atoms with van der Waals surface area (Å²) in [5.41, 5.74) is 0.650. The van der Waals surface area contributed by atoms with Crippen molar-refractivity contribution < 1.29 is 19.4 Å². The summed E-state index contributed by atoms with van der Waals surface area (Å²) in [5, 5.41) is 11.7. The fourth-order valence-electron chi connectivity index (χ4n) is 2.55. The first-order valence-electron chi connectivity index (χ1n) is 6.98. The van der Waals surface area contributed by atoms with Crippen LogP contribution in [0, 0.1) is 5.92 Å². The molecule has 6 heteroatoms. The van der Waals surface area contributed by atoms with E-state index in [4.69, 9.17) is 9.84 Å². The number of aromatic carboxylic acids is 1. The van der Waals surface area contributed by atoms with Crippen LogP contribution in [0.1, 0.15) is 23.2 Å². The Hall–Kier alpha value is -2.08. The molecule has 2 rings (SSSR count). The van der Waals surface area contributed by atoms with E-state index in [-0.39, 0.29) is 11.6 Å². The highest BCUT2D eigenvalue weighted by atomic mass is 16.5. The zero-order chi connectivity index (χ0) is 15.2. The number of hydrogen-bond donors (Lipinski definition) is 2. The number of carbonyl (C=O) groups is 2. The second kappa shape index (κ2) is 7.08. The molecule has 1 saturated heterocycles. The summed E-state index contributed by atoms with van der Waals surface area (Å²) in [6.45, 7) is 2.03. The zero-order valence-electron chi connectivity index (χ0n) is 12.0. The monoisotopic (exact) mass is 292 g/mol. The molecule has 1 fully saturated rings. The molecule has 0 aromatic heterocycles. The largest absolute Gasteiger partial charge is 0.478 e. The summed E-state index contributed by atoms with van der Waals surface area (Å²) in [7, 11) is 1.66. The highest BCUT2D eigenvalue weighted by Crippen LogP contribution is 2.18. The van der Waals surface area contributed by atoms with Gasteiger partial charge in [-0.3, -0.25) is 0 Å². The topological polar surface area (TPSA) is 78.9 Å². The maximum Gasteiger partial charge on any atom is 0.335 e. The second-order valence-electron chi connectivity index (χ2n) is 5.23. The molecule has 1 aliphatic rings. The lowest BCUT2D eigenvalue weighted by Crippen LogP contribution is -2.43. The molecule has 2 amide bonds. The van der Waals surface area contributed by atoms with E-state index < -0.39 is 5.97 Å². The van der Waals surface area contributed by atoms with Crippen LogP contribution in [0.3, 0.4) is 0 Å². The predicted octanol–water partition coefficient (Wildman–Crippen LogP) is 2.28. The minimum atomic E-state index is -1.01. The quantitative estimate of drug-likeness (QED) is 0.892. The zero-order valence-corrected chi connectivity index (χ0v) is 12.0. The van der Waals surface area contributed by atoms with E-state index >= 15 is 0 Å². The van der Waals surface area contributed by atoms with Crippen LogP contribution in [-0.4, -0.2) is 48.8 Å². The van der Waals surface area contributed by atoms with Gasteiger partial charge in [0, 0.05) is 31.8 Å². The van der Waals surface area contributed by atoms with E-state index in [0.29, 0.717) is 31.3 Å². The van der Waals surface area contributed by atoms with Gasteiger partial charge in [-0.1, -0.05) is 6.07 Å². The summed E-state index contributed by atoms with van der Waals surface area (Å²) in [6.07, 6.45) is 2.02. The minimum Gasteiger partial charge on any atom is -0.478 e. The third-order valence-corrected chi connectivity index (χ3v) is 3.57. The van der Waals surface area contributed by atoms with E-state index in [9.17, 15) is 9.59 Å². The number of likely N-dealkylation sites (tertiary alicyclic amines) is 1. The summed E-state index contributed by atoms with van der Waals surface area (Å²) < 4.78 is 5.15. The van der Waals surface area contributed by atoms with E-state index in [1.807, 2.05) is 0 Å². The molecule has 2 N–H and O–H groups in total. The molecule has 1 unspecified atom stereocenters. The molecule has 1 atom stereocenters. The maximum atomic E-state index is 12.2. The Morgan fingerprint density at radius 1 is 1.48 bits per heavy atom. The fourth-order valence-corrected chi connectivity index (χ4v) is 2.55. The van der Waals surface area contributed by atoms with Crippen molar-refractivity contribution in [3.63, 3.8) is 0 Å². The van der Waals surface area contributed by atoms with Crippen LogP contribution < -0.4 is 5.32 Å². The minimum absolute atomic E-state index is 0.156. The van der Waals surface area contributed by atoms with Crippen molar-refractivity contribution in [1.82, 2.24) is 4.90 Å². The van der Waals surface area contributed by atoms with Gasteiger partial charge in [-0.2, -0.15) is 0 Å². The average molecular weight is 292 g/mol. The van der Waals surface area contributed by atoms with Crippen LogP contribution in [0.2, 0.25) is 0 Å². The number of carboxylic acid groups (broad SMARTS) is 1. The van der Waals surface area contributed by atoms with Gasteiger partial charge in [0.25, 0.3) is 0 Å². The van der Waals surface area contributed by atoms with E-state index in [1.165, 1.54) is 12.1 Å². The van der Waals surface area contributed by atoms with Gasteiger partial charge in [-0.05, 0) is 31.0 Å². The maximum absolute atomic E-state index is 12.2. The van der Waals surface area contributed by atoms with Crippen LogP contribution in [0.25, 0.3) is 0 Å². The first kappa shape index (κ1) is 15.3. The highest BCUT2D eigenvalue weighted by Gasteiger charge is 2.23. The van der Waals surface area contributed by atoms with E-state index in [0.717, 1.165) is 12.8 Å². The number of anilines is 1. The number of urea groups is 1. The lowest BCUT2D eigenvalue weighted by Gasteiger charge is -2.32. The van der Waals surface area contributed by atoms with Crippen molar-refractivity contribution in [3.8, 4) is 0 Å². The van der Waals surface area contributed by atoms with Gasteiger partial charge in [0.05, 0.1) is 12.2 Å². The van der Waals surface area contributed by atoms with Crippen molar-refractivity contribution in [2.24, 2.45) is 5.92 Å². The first-order chi connectivity index (χ1) is 10.1. The normalized spacial score (nSPS) is 18.3. The lowest BCUT2D eigenvalue weighted by atomic mass is 9.99. The van der Waals surface area contributed by atoms with Crippen LogP contribution in [-0.2, 0) is 4.74 Å². The van der Waals surface area contributed by atoms with Gasteiger partial charge >= 0.3 is 12.0 Å². The fraction of sp³-hybridized carbons (Fsp3) is 0.467. The molecule has 1 aromatic rings. The van der Waals surface area contributed by atoms with Crippen molar-refractivity contribution in [3.05, 3.63) is 29.8 Å². The number of amides is 2. The molecule has 0 aliphatic carbocycles. The third kappa shape index (κ3) is 4.19. The molecule has 114 valence electrons. The van der Waals surface area contributed by atoms with Crippen molar-refractivity contribution in [2.75, 3.05) is 32.1 Å². The summed E-state index contributed by atoms with van der Waals surface area (Å²) in [5.74, 6) is -0.649. The Morgan fingerprint density at radius 3 is 3.00 bits per heavy atom. The molecule has 6 nitrogen and oxygen atoms in total. The number of ether oxygens (including phenoxy) is 1. The third-order valence-electron chi connectivity index (χ3n) is 3.57. The molecule has 1 aliphatic heterocycles. The molecule has 1 heterocycles. The number of nitrogens with zero attached hydrogens (tertiary/aromatic N) is 1. The Kier molecular flexibility index (Phi) is 5.16. The van der Waals surface area contributed by atoms with Crippen molar-refractivity contribution in [1.29, 1.82) is 0 Å². The first-order valence-corrected chi connectivity index (χ1v) is 6.98. The molecule has 0 radical (unpaired) electrons. The van der Waals surface area contributed by atoms with Gasteiger partial charge in [0.2, 0.25) is 0 Å². The number of methoxy groups -OCH3 is 1. The lowest BCUT2D eigenvalue weighted by molar-refractivity contribution is 0.0697. The molecule has 0 saturated carbocycles. The van der Waals surface area contributed by atoms with Crippen molar-refractivity contribution >= 4 is 17.7 Å². The molecular weight excluding hydrogens is 272 g/mol. The van der Waals surface area contributed by atoms with Gasteiger partial charge < -0.3 is 20.1 Å². The molecule has 0 bridgehead atoms. The number of nitrogens with one attached hydrogen (secondary N) is 1. The number of hydrogen-bond acceptors (Lipinski definition) is 3. The molecular formula is C15H20N2O4. The highest BCUT2D eigenvalue weighted by molar-refractivity contribution is 5.93. The smallest absolute Gasteiger partial charge is 0.335 e. The summed E-state index contributed by atoms with van der Waals surface area (Å²) in [6, 6.07) is 6.05. The average Bonchev–Trinajstić information content (AvgIpc) is 2.48.